The third-order valence-corrected chi connectivity index (χ3v) is 4.90. The number of hydrogen-bond acceptors (Lipinski definition) is 4. The van der Waals surface area contributed by atoms with Crippen LogP contribution in [0.3, 0.4) is 0 Å². The number of nitrogens with zero attached hydrogens (tertiary/aromatic N) is 1. The Morgan fingerprint density at radius 1 is 1.46 bits per heavy atom. The molecule has 1 unspecified atom stereocenters. The van der Waals surface area contributed by atoms with Crippen LogP contribution in [-0.2, 0) is 16.1 Å². The molecule has 1 aliphatic heterocycles. The van der Waals surface area contributed by atoms with Crippen molar-refractivity contribution in [2.45, 2.75) is 25.8 Å². The Balaban J connectivity index is 1.90. The third-order valence-electron chi connectivity index (χ3n) is 4.20. The van der Waals surface area contributed by atoms with Crippen LogP contribution in [0.1, 0.15) is 24.8 Å². The number of ether oxygens (including phenoxy) is 1. The zero-order chi connectivity index (χ0) is 17.4. The van der Waals surface area contributed by atoms with E-state index in [0.29, 0.717) is 32.5 Å². The predicted molar refractivity (Wildman–Crippen MR) is 97.1 cm³/mol. The van der Waals surface area contributed by atoms with Crippen LogP contribution < -0.4 is 10.1 Å². The molecule has 1 atom stereocenters. The van der Waals surface area contributed by atoms with E-state index in [2.05, 4.69) is 11.6 Å². The normalized spacial score (nSPS) is 17.7. The molecule has 1 aromatic rings. The number of hydrogen-bond donors (Lipinski definition) is 1. The van der Waals surface area contributed by atoms with Crippen LogP contribution in [0.2, 0.25) is 0 Å². The molecular weight excluding hydrogens is 324 g/mol. The molecule has 5 nitrogen and oxygen atoms in total. The number of carbonyl (C=O) groups excluding carboxylic acids is 2. The van der Waals surface area contributed by atoms with Crippen molar-refractivity contribution in [3.8, 4) is 5.75 Å². The predicted octanol–water partition coefficient (Wildman–Crippen LogP) is 2.30. The molecule has 0 saturated carbocycles. The number of likely N-dealkylation sites (tertiary alicyclic amines) is 1. The molecule has 1 fully saturated rings. The first kappa shape index (κ1) is 18.6. The van der Waals surface area contributed by atoms with Crippen LogP contribution in [0, 0.1) is 5.92 Å². The second-order valence-electron chi connectivity index (χ2n) is 6.00. The van der Waals surface area contributed by atoms with E-state index in [-0.39, 0.29) is 17.7 Å². The van der Waals surface area contributed by atoms with E-state index in [4.69, 9.17) is 4.74 Å². The summed E-state index contributed by atoms with van der Waals surface area (Å²) in [7, 11) is 1.63. The Hall–Kier alpha value is -1.69. The Kier molecular flexibility index (Phi) is 7.43. The maximum atomic E-state index is 12.3. The molecule has 2 rings (SSSR count). The summed E-state index contributed by atoms with van der Waals surface area (Å²) in [6.45, 7) is 1.72. The monoisotopic (exact) mass is 350 g/mol. The van der Waals surface area contributed by atoms with Gasteiger partial charge >= 0.3 is 0 Å². The first-order valence-electron chi connectivity index (χ1n) is 8.31. The summed E-state index contributed by atoms with van der Waals surface area (Å²) in [6, 6.07) is 7.70. The Bertz CT molecular complexity index is 565. The molecule has 1 N–H and O–H groups in total. The molecule has 0 bridgehead atoms. The second kappa shape index (κ2) is 9.57. The number of thioether (sulfide) groups is 1. The highest BCUT2D eigenvalue weighted by Crippen LogP contribution is 2.21. The lowest BCUT2D eigenvalue weighted by molar-refractivity contribution is -0.138. The fourth-order valence-electron chi connectivity index (χ4n) is 2.85. The van der Waals surface area contributed by atoms with Crippen molar-refractivity contribution in [3.63, 3.8) is 0 Å². The number of nitrogens with one attached hydrogen (secondary N) is 1. The minimum Gasteiger partial charge on any atom is -0.497 e. The van der Waals surface area contributed by atoms with E-state index >= 15 is 0 Å². The molecule has 0 radical (unpaired) electrons. The number of rotatable bonds is 8. The average molecular weight is 350 g/mol. The average Bonchev–Trinajstić information content (AvgIpc) is 2.60. The van der Waals surface area contributed by atoms with Gasteiger partial charge in [-0.15, -0.1) is 0 Å². The highest BCUT2D eigenvalue weighted by atomic mass is 32.2. The van der Waals surface area contributed by atoms with Gasteiger partial charge in [-0.1, -0.05) is 12.1 Å². The highest BCUT2D eigenvalue weighted by molar-refractivity contribution is 7.98. The minimum atomic E-state index is -0.109. The van der Waals surface area contributed by atoms with Gasteiger partial charge in [0.25, 0.3) is 0 Å². The molecule has 24 heavy (non-hydrogen) atoms. The van der Waals surface area contributed by atoms with Gasteiger partial charge in [-0.25, -0.2) is 0 Å². The van der Waals surface area contributed by atoms with Gasteiger partial charge < -0.3 is 15.0 Å². The van der Waals surface area contributed by atoms with Crippen LogP contribution in [0.15, 0.2) is 24.3 Å². The van der Waals surface area contributed by atoms with E-state index in [1.165, 1.54) is 0 Å². The van der Waals surface area contributed by atoms with E-state index in [1.54, 1.807) is 23.8 Å². The molecule has 1 saturated heterocycles. The van der Waals surface area contributed by atoms with Crippen molar-refractivity contribution in [3.05, 3.63) is 29.8 Å². The topological polar surface area (TPSA) is 58.6 Å². The Labute approximate surface area is 148 Å². The molecule has 1 aromatic carbocycles. The van der Waals surface area contributed by atoms with Crippen LogP contribution in [-0.4, -0.2) is 48.9 Å². The third kappa shape index (κ3) is 5.44. The fourth-order valence-corrected chi connectivity index (χ4v) is 3.28. The molecule has 132 valence electrons. The minimum absolute atomic E-state index is 0.0687. The Morgan fingerprint density at radius 3 is 3.04 bits per heavy atom. The van der Waals surface area contributed by atoms with Gasteiger partial charge in [0.05, 0.1) is 13.0 Å². The van der Waals surface area contributed by atoms with Crippen LogP contribution >= 0.6 is 11.8 Å². The number of methoxy groups -OCH3 is 1. The summed E-state index contributed by atoms with van der Waals surface area (Å²) in [5.41, 5.74) is 1.02. The van der Waals surface area contributed by atoms with Crippen molar-refractivity contribution in [1.29, 1.82) is 0 Å². The van der Waals surface area contributed by atoms with E-state index < -0.39 is 0 Å². The summed E-state index contributed by atoms with van der Waals surface area (Å²) in [6.07, 6.45) is 4.12. The summed E-state index contributed by atoms with van der Waals surface area (Å²) in [4.78, 5) is 26.3. The van der Waals surface area contributed by atoms with Crippen molar-refractivity contribution in [2.75, 3.05) is 32.2 Å². The molecule has 1 heterocycles. The van der Waals surface area contributed by atoms with Gasteiger partial charge in [0.2, 0.25) is 11.8 Å². The zero-order valence-corrected chi connectivity index (χ0v) is 15.2. The first-order valence-corrected chi connectivity index (χ1v) is 9.70. The fraction of sp³-hybridized carbons (Fsp3) is 0.556. The summed E-state index contributed by atoms with van der Waals surface area (Å²) in [5, 5.41) is 2.99. The molecule has 0 aromatic heterocycles. The summed E-state index contributed by atoms with van der Waals surface area (Å²) >= 11 is 1.78. The quantitative estimate of drug-likeness (QED) is 0.731. The summed E-state index contributed by atoms with van der Waals surface area (Å²) in [5.74, 6) is 1.90. The van der Waals surface area contributed by atoms with Gasteiger partial charge in [0, 0.05) is 26.1 Å². The molecule has 6 heteroatoms. The smallest absolute Gasteiger partial charge is 0.224 e. The van der Waals surface area contributed by atoms with E-state index in [1.807, 2.05) is 24.3 Å². The molecule has 0 spiro atoms. The van der Waals surface area contributed by atoms with Crippen molar-refractivity contribution in [1.82, 2.24) is 10.2 Å². The van der Waals surface area contributed by atoms with Gasteiger partial charge in [0.1, 0.15) is 5.75 Å². The Morgan fingerprint density at radius 2 is 2.29 bits per heavy atom. The maximum absolute atomic E-state index is 12.3. The van der Waals surface area contributed by atoms with Gasteiger partial charge in [-0.3, -0.25) is 9.59 Å². The lowest BCUT2D eigenvalue weighted by Gasteiger charge is -2.32. The molecule has 2 amide bonds. The standard InChI is InChI=1S/C18H26N2O3S/c1-23-16-6-3-5-14(11-16)12-20-13-15(7-8-17(20)21)18(22)19-9-4-10-24-2/h3,5-6,11,15H,4,7-10,12-13H2,1-2H3,(H,19,22). The number of carbonyl (C=O) groups is 2. The van der Waals surface area contributed by atoms with Crippen LogP contribution in [0.25, 0.3) is 0 Å². The van der Waals surface area contributed by atoms with Crippen molar-refractivity contribution < 1.29 is 14.3 Å². The second-order valence-corrected chi connectivity index (χ2v) is 6.98. The maximum Gasteiger partial charge on any atom is 0.224 e. The van der Waals surface area contributed by atoms with Crippen molar-refractivity contribution >= 4 is 23.6 Å². The van der Waals surface area contributed by atoms with Gasteiger partial charge in [-0.05, 0) is 42.5 Å². The largest absolute Gasteiger partial charge is 0.497 e. The molecular formula is C18H26N2O3S. The van der Waals surface area contributed by atoms with E-state index in [0.717, 1.165) is 23.5 Å². The van der Waals surface area contributed by atoms with Gasteiger partial charge in [0.15, 0.2) is 0 Å². The molecule has 0 aliphatic carbocycles. The zero-order valence-electron chi connectivity index (χ0n) is 14.4. The van der Waals surface area contributed by atoms with Gasteiger partial charge in [-0.2, -0.15) is 11.8 Å². The highest BCUT2D eigenvalue weighted by Gasteiger charge is 2.30. The van der Waals surface area contributed by atoms with E-state index in [9.17, 15) is 9.59 Å². The lowest BCUT2D eigenvalue weighted by Crippen LogP contribution is -2.45. The number of piperidine rings is 1. The number of benzene rings is 1. The lowest BCUT2D eigenvalue weighted by atomic mass is 9.96. The number of amides is 2. The summed E-state index contributed by atoms with van der Waals surface area (Å²) < 4.78 is 5.23. The molecule has 1 aliphatic rings. The van der Waals surface area contributed by atoms with Crippen LogP contribution in [0.5, 0.6) is 5.75 Å². The van der Waals surface area contributed by atoms with Crippen LogP contribution in [0.4, 0.5) is 0 Å². The first-order chi connectivity index (χ1) is 11.6. The van der Waals surface area contributed by atoms with Crippen molar-refractivity contribution in [2.24, 2.45) is 5.92 Å². The SMILES string of the molecule is COc1cccc(CN2CC(C(=O)NCCCSC)CCC2=O)c1.